The molecule has 2 aromatic carbocycles. The Morgan fingerprint density at radius 2 is 2.03 bits per heavy atom. The van der Waals surface area contributed by atoms with Crippen LogP contribution < -0.4 is 4.74 Å². The number of aromatic carboxylic acids is 1. The Kier molecular flexibility index (Phi) is 6.15. The Labute approximate surface area is 230 Å². The first-order valence-corrected chi connectivity index (χ1v) is 13.6. The number of ether oxygens (including phenoxy) is 1. The van der Waals surface area contributed by atoms with E-state index in [9.17, 15) is 9.90 Å². The van der Waals surface area contributed by atoms with Crippen molar-refractivity contribution in [3.63, 3.8) is 0 Å². The first-order valence-electron chi connectivity index (χ1n) is 12.8. The molecule has 1 saturated carbocycles. The zero-order chi connectivity index (χ0) is 26.6. The van der Waals surface area contributed by atoms with Crippen molar-refractivity contribution in [2.75, 3.05) is 6.54 Å². The highest BCUT2D eigenvalue weighted by Crippen LogP contribution is 2.55. The molecule has 0 amide bonds. The Balaban J connectivity index is 1.29. The van der Waals surface area contributed by atoms with Gasteiger partial charge in [-0.05, 0) is 62.2 Å². The number of rotatable bonds is 6. The fraction of sp³-hybridized carbons (Fsp3) is 0.345. The lowest BCUT2D eigenvalue weighted by Gasteiger charge is -2.29. The van der Waals surface area contributed by atoms with E-state index in [4.69, 9.17) is 4.74 Å². The summed E-state index contributed by atoms with van der Waals surface area (Å²) in [4.78, 5) is 14.5. The highest BCUT2D eigenvalue weighted by atomic mass is 79.9. The van der Waals surface area contributed by atoms with Crippen LogP contribution in [0.25, 0.3) is 5.69 Å². The first-order chi connectivity index (χ1) is 18.2. The number of hydrogen-bond acceptors (Lipinski definition) is 5. The van der Waals surface area contributed by atoms with Crippen LogP contribution in [0, 0.1) is 0 Å². The number of hydrogen-bond donors (Lipinski definition) is 1. The summed E-state index contributed by atoms with van der Waals surface area (Å²) < 4.78 is 11.1. The van der Waals surface area contributed by atoms with Crippen LogP contribution in [-0.2, 0) is 20.1 Å². The van der Waals surface area contributed by atoms with Gasteiger partial charge in [0.05, 0.1) is 11.3 Å². The molecule has 4 aromatic rings. The lowest BCUT2D eigenvalue weighted by atomic mass is 10.1. The van der Waals surface area contributed by atoms with E-state index < -0.39 is 5.97 Å². The van der Waals surface area contributed by atoms with Crippen LogP contribution in [0.1, 0.15) is 65.0 Å². The maximum Gasteiger partial charge on any atom is 0.337 e. The summed E-state index contributed by atoms with van der Waals surface area (Å²) >= 11 is 3.60. The van der Waals surface area contributed by atoms with E-state index in [1.165, 1.54) is 0 Å². The molecular weight excluding hydrogens is 546 g/mol. The monoisotopic (exact) mass is 575 g/mol. The van der Waals surface area contributed by atoms with Crippen LogP contribution in [-0.4, -0.2) is 47.7 Å². The molecule has 1 N–H and O–H groups in total. The molecule has 1 fully saturated rings. The normalized spacial score (nSPS) is 20.4. The Morgan fingerprint density at radius 3 is 2.79 bits per heavy atom. The summed E-state index contributed by atoms with van der Waals surface area (Å²) in [7, 11) is 1.85. The van der Waals surface area contributed by atoms with Crippen molar-refractivity contribution in [3.8, 4) is 11.4 Å². The molecule has 6 rings (SSSR count). The van der Waals surface area contributed by atoms with Gasteiger partial charge in [-0.3, -0.25) is 9.58 Å². The van der Waals surface area contributed by atoms with Crippen LogP contribution in [0.4, 0.5) is 0 Å². The van der Waals surface area contributed by atoms with Gasteiger partial charge in [-0.2, -0.15) is 0 Å². The number of fused-ring (bicyclic) bond motifs is 1. The maximum absolute atomic E-state index is 12.1. The van der Waals surface area contributed by atoms with E-state index in [2.05, 4.69) is 63.2 Å². The van der Waals surface area contributed by atoms with Gasteiger partial charge >= 0.3 is 5.97 Å². The third-order valence-electron chi connectivity index (χ3n) is 7.30. The Hall–Kier alpha value is -3.43. The molecule has 2 atom stereocenters. The number of carboxylic acid groups (broad SMARTS) is 1. The molecule has 9 heteroatoms. The van der Waals surface area contributed by atoms with Crippen molar-refractivity contribution >= 4 is 21.9 Å². The molecule has 0 bridgehead atoms. The lowest BCUT2D eigenvalue weighted by molar-refractivity contribution is 0.0680. The second kappa shape index (κ2) is 9.39. The van der Waals surface area contributed by atoms with Gasteiger partial charge in [-0.25, -0.2) is 4.79 Å². The van der Waals surface area contributed by atoms with E-state index in [1.54, 1.807) is 10.7 Å². The Bertz CT molecular complexity index is 1520. The predicted octanol–water partition coefficient (Wildman–Crippen LogP) is 5.51. The Morgan fingerprint density at radius 1 is 1.18 bits per heavy atom. The van der Waals surface area contributed by atoms with Crippen LogP contribution in [0.15, 0.2) is 65.4 Å². The summed E-state index contributed by atoms with van der Waals surface area (Å²) in [6.07, 6.45) is 4.66. The number of aryl methyl sites for hydroxylation is 1. The third-order valence-corrected chi connectivity index (χ3v) is 7.79. The standard InChI is InChI=1S/C29H30BrN5O3/c1-29(2)17-34(15-19-12-20(30)7-8-26(19)38-29)14-18-5-4-6-21(11-18)35-10-9-22(28(36)37)27(35)24-13-23(24)25-16-33(3)32-31-25/h4-12,16,23-24H,13-15,17H2,1-3H3,(H,36,37)/t23-,24-/m1/s1. The number of halogens is 1. The molecule has 2 aliphatic rings. The smallest absolute Gasteiger partial charge is 0.337 e. The van der Waals surface area contributed by atoms with Gasteiger partial charge in [0, 0.05) is 72.3 Å². The summed E-state index contributed by atoms with van der Waals surface area (Å²) in [5, 5.41) is 18.3. The number of aromatic nitrogens is 4. The molecule has 0 radical (unpaired) electrons. The number of carbonyl (C=O) groups is 1. The molecule has 0 saturated heterocycles. The average molecular weight is 576 g/mol. The number of benzene rings is 2. The second-order valence-electron chi connectivity index (χ2n) is 11.0. The van der Waals surface area contributed by atoms with Crippen molar-refractivity contribution < 1.29 is 14.6 Å². The largest absolute Gasteiger partial charge is 0.486 e. The van der Waals surface area contributed by atoms with E-state index in [-0.39, 0.29) is 17.4 Å². The van der Waals surface area contributed by atoms with Gasteiger partial charge < -0.3 is 14.4 Å². The number of nitrogens with zero attached hydrogens (tertiary/aromatic N) is 5. The topological polar surface area (TPSA) is 85.4 Å². The molecule has 3 heterocycles. The number of carboxylic acids is 1. The zero-order valence-corrected chi connectivity index (χ0v) is 23.2. The van der Waals surface area contributed by atoms with Gasteiger partial charge in [0.2, 0.25) is 0 Å². The molecule has 1 aliphatic carbocycles. The van der Waals surface area contributed by atoms with E-state index in [0.29, 0.717) is 5.56 Å². The van der Waals surface area contributed by atoms with E-state index in [0.717, 1.165) is 64.5 Å². The summed E-state index contributed by atoms with van der Waals surface area (Å²) in [5.74, 6) is 0.290. The quantitative estimate of drug-likeness (QED) is 0.326. The zero-order valence-electron chi connectivity index (χ0n) is 21.6. The van der Waals surface area contributed by atoms with Crippen LogP contribution >= 0.6 is 15.9 Å². The fourth-order valence-corrected chi connectivity index (χ4v) is 6.11. The van der Waals surface area contributed by atoms with E-state index >= 15 is 0 Å². The van der Waals surface area contributed by atoms with Crippen LogP contribution in [0.5, 0.6) is 5.75 Å². The molecule has 0 unspecified atom stereocenters. The molecular formula is C29H30BrN5O3. The predicted molar refractivity (Wildman–Crippen MR) is 147 cm³/mol. The van der Waals surface area contributed by atoms with Crippen LogP contribution in [0.2, 0.25) is 0 Å². The van der Waals surface area contributed by atoms with Crippen molar-refractivity contribution in [3.05, 3.63) is 93.5 Å². The average Bonchev–Trinajstić information content (AvgIpc) is 3.34. The second-order valence-corrected chi connectivity index (χ2v) is 11.9. The van der Waals surface area contributed by atoms with Gasteiger partial charge in [0.1, 0.15) is 11.4 Å². The highest BCUT2D eigenvalue weighted by Gasteiger charge is 2.45. The molecule has 38 heavy (non-hydrogen) atoms. The molecule has 2 aromatic heterocycles. The fourth-order valence-electron chi connectivity index (χ4n) is 5.70. The molecule has 1 aliphatic heterocycles. The summed E-state index contributed by atoms with van der Waals surface area (Å²) in [6.45, 7) is 6.55. The van der Waals surface area contributed by atoms with Crippen molar-refractivity contribution in [1.82, 2.24) is 24.5 Å². The lowest BCUT2D eigenvalue weighted by Crippen LogP contribution is -2.40. The van der Waals surface area contributed by atoms with E-state index in [1.807, 2.05) is 48.3 Å². The third kappa shape index (κ3) is 4.88. The first kappa shape index (κ1) is 24.9. The van der Waals surface area contributed by atoms with Crippen molar-refractivity contribution in [2.45, 2.75) is 50.8 Å². The SMILES string of the molecule is Cn1cc([C@@H]2C[C@H]2c2c(C(=O)O)ccn2-c2cccc(CN3Cc4cc(Br)ccc4OC(C)(C)C3)c2)nn1. The molecule has 196 valence electrons. The van der Waals surface area contributed by atoms with Crippen molar-refractivity contribution in [2.24, 2.45) is 7.05 Å². The van der Waals surface area contributed by atoms with Crippen LogP contribution in [0.3, 0.4) is 0 Å². The minimum absolute atomic E-state index is 0.0926. The summed E-state index contributed by atoms with van der Waals surface area (Å²) in [5.41, 5.74) is 5.03. The van der Waals surface area contributed by atoms with Crippen molar-refractivity contribution in [1.29, 1.82) is 0 Å². The van der Waals surface area contributed by atoms with Gasteiger partial charge in [0.25, 0.3) is 0 Å². The van der Waals surface area contributed by atoms with Gasteiger partial charge in [-0.1, -0.05) is 33.3 Å². The van der Waals surface area contributed by atoms with Gasteiger partial charge in [-0.15, -0.1) is 5.10 Å². The summed E-state index contributed by atoms with van der Waals surface area (Å²) in [6, 6.07) is 16.3. The molecule has 8 nitrogen and oxygen atoms in total. The minimum Gasteiger partial charge on any atom is -0.486 e. The highest BCUT2D eigenvalue weighted by molar-refractivity contribution is 9.10. The minimum atomic E-state index is -0.906. The van der Waals surface area contributed by atoms with Gasteiger partial charge in [0.15, 0.2) is 0 Å². The maximum atomic E-state index is 12.1. The molecule has 0 spiro atoms.